The van der Waals surface area contributed by atoms with Crippen LogP contribution in [0, 0.1) is 0 Å². The molecule has 0 saturated carbocycles. The van der Waals surface area contributed by atoms with E-state index >= 15 is 0 Å². The monoisotopic (exact) mass is 349 g/mol. The van der Waals surface area contributed by atoms with Gasteiger partial charge in [0, 0.05) is 15.4 Å². The van der Waals surface area contributed by atoms with Gasteiger partial charge in [-0.25, -0.2) is 4.98 Å². The summed E-state index contributed by atoms with van der Waals surface area (Å²) in [6.07, 6.45) is 1.42. The van der Waals surface area contributed by atoms with Crippen molar-refractivity contribution in [1.82, 2.24) is 4.98 Å². The van der Waals surface area contributed by atoms with E-state index in [9.17, 15) is 0 Å². The van der Waals surface area contributed by atoms with Gasteiger partial charge in [0.2, 0.25) is 0 Å². The average Bonchev–Trinajstić information content (AvgIpc) is 2.69. The highest BCUT2D eigenvalue weighted by atomic mass is 79.9. The first-order chi connectivity index (χ1) is 7.22. The lowest BCUT2D eigenvalue weighted by Gasteiger charge is -2.02. The summed E-state index contributed by atoms with van der Waals surface area (Å²) in [6, 6.07) is 5.62. The second-order valence-corrected chi connectivity index (χ2v) is 4.77. The van der Waals surface area contributed by atoms with Gasteiger partial charge in [0.25, 0.3) is 0 Å². The molecule has 0 unspecified atom stereocenters. The zero-order valence-corrected chi connectivity index (χ0v) is 11.4. The number of nitrogens with zero attached hydrogens (tertiary/aromatic N) is 1. The highest BCUT2D eigenvalue weighted by molar-refractivity contribution is 9.10. The van der Waals surface area contributed by atoms with Crippen molar-refractivity contribution >= 4 is 43.5 Å². The number of hydrogen-bond donors (Lipinski definition) is 0. The van der Waals surface area contributed by atoms with Gasteiger partial charge in [0.1, 0.15) is 0 Å². The van der Waals surface area contributed by atoms with Crippen molar-refractivity contribution < 1.29 is 4.42 Å². The predicted molar refractivity (Wildman–Crippen MR) is 67.3 cm³/mol. The summed E-state index contributed by atoms with van der Waals surface area (Å²) in [5, 5.41) is 1.29. The molecule has 0 aliphatic rings. The van der Waals surface area contributed by atoms with Crippen molar-refractivity contribution in [2.75, 3.05) is 0 Å². The second kappa shape index (κ2) is 4.68. The molecule has 0 atom stereocenters. The summed E-state index contributed by atoms with van der Waals surface area (Å²) in [6.45, 7) is 0. The molecular weight excluding hydrogens is 345 g/mol. The third kappa shape index (κ3) is 2.27. The van der Waals surface area contributed by atoms with Crippen molar-refractivity contribution in [3.8, 4) is 11.3 Å². The second-order valence-electron chi connectivity index (χ2n) is 2.89. The Kier molecular flexibility index (Phi) is 3.49. The summed E-state index contributed by atoms with van der Waals surface area (Å²) < 4.78 is 6.29. The van der Waals surface area contributed by atoms with E-state index in [1.807, 2.05) is 18.2 Å². The van der Waals surface area contributed by atoms with Crippen LogP contribution in [0.2, 0.25) is 5.02 Å². The fourth-order valence-corrected chi connectivity index (χ4v) is 2.22. The molecule has 2 aromatic rings. The van der Waals surface area contributed by atoms with Gasteiger partial charge < -0.3 is 4.42 Å². The van der Waals surface area contributed by atoms with E-state index in [2.05, 4.69) is 36.8 Å². The molecule has 0 saturated heterocycles. The summed E-state index contributed by atoms with van der Waals surface area (Å²) in [5.74, 6) is 0.707. The number of hydrogen-bond acceptors (Lipinski definition) is 2. The molecule has 2 nitrogen and oxygen atoms in total. The number of rotatable bonds is 2. The molecule has 0 amide bonds. The van der Waals surface area contributed by atoms with E-state index in [1.165, 1.54) is 6.39 Å². The van der Waals surface area contributed by atoms with Crippen molar-refractivity contribution in [3.63, 3.8) is 0 Å². The predicted octanol–water partition coefficient (Wildman–Crippen LogP) is 4.65. The Labute approximate surface area is 109 Å². The Morgan fingerprint density at radius 1 is 1.40 bits per heavy atom. The molecule has 0 aliphatic heterocycles. The fourth-order valence-electron chi connectivity index (χ4n) is 1.25. The molecule has 0 N–H and O–H groups in total. The molecule has 5 heteroatoms. The molecule has 78 valence electrons. The first kappa shape index (κ1) is 11.2. The van der Waals surface area contributed by atoms with Gasteiger partial charge in [0.05, 0.1) is 10.7 Å². The van der Waals surface area contributed by atoms with E-state index in [0.29, 0.717) is 16.1 Å². The smallest absolute Gasteiger partial charge is 0.181 e. The van der Waals surface area contributed by atoms with Crippen LogP contribution >= 0.6 is 43.5 Å². The zero-order chi connectivity index (χ0) is 10.8. The van der Waals surface area contributed by atoms with Gasteiger partial charge in [-0.3, -0.25) is 0 Å². The summed E-state index contributed by atoms with van der Waals surface area (Å²) in [5.41, 5.74) is 1.69. The Hall–Kier alpha value is -0.320. The number of oxazole rings is 1. The normalized spacial score (nSPS) is 10.6. The maximum atomic E-state index is 6.09. The minimum Gasteiger partial charge on any atom is -0.443 e. The molecule has 15 heavy (non-hydrogen) atoms. The Morgan fingerprint density at radius 3 is 2.93 bits per heavy atom. The number of aromatic nitrogens is 1. The molecule has 1 aromatic carbocycles. The first-order valence-electron chi connectivity index (χ1n) is 4.16. The van der Waals surface area contributed by atoms with Crippen molar-refractivity contribution in [3.05, 3.63) is 39.8 Å². The van der Waals surface area contributed by atoms with Crippen LogP contribution in [0.15, 0.2) is 33.5 Å². The standard InChI is InChI=1S/C10H6Br2ClNO/c11-4-9-10(15-5-14-9)7-3-6(12)1-2-8(7)13/h1-3,5H,4H2. The lowest BCUT2D eigenvalue weighted by Crippen LogP contribution is -1.84. The molecule has 0 fully saturated rings. The molecule has 2 rings (SSSR count). The SMILES string of the molecule is Clc1ccc(Br)cc1-c1ocnc1CBr. The first-order valence-corrected chi connectivity index (χ1v) is 6.45. The third-order valence-corrected chi connectivity index (χ3v) is 3.29. The summed E-state index contributed by atoms with van der Waals surface area (Å²) in [4.78, 5) is 4.09. The topological polar surface area (TPSA) is 26.0 Å². The van der Waals surface area contributed by atoms with Crippen molar-refractivity contribution in [2.24, 2.45) is 0 Å². The van der Waals surface area contributed by atoms with Gasteiger partial charge in [0.15, 0.2) is 12.2 Å². The van der Waals surface area contributed by atoms with Crippen LogP contribution in [0.5, 0.6) is 0 Å². The van der Waals surface area contributed by atoms with Gasteiger partial charge in [-0.2, -0.15) is 0 Å². The molecule has 0 aliphatic carbocycles. The van der Waals surface area contributed by atoms with Gasteiger partial charge >= 0.3 is 0 Å². The van der Waals surface area contributed by atoms with Crippen molar-refractivity contribution in [2.45, 2.75) is 5.33 Å². The third-order valence-electron chi connectivity index (χ3n) is 1.94. The van der Waals surface area contributed by atoms with E-state index < -0.39 is 0 Å². The van der Waals surface area contributed by atoms with E-state index in [-0.39, 0.29) is 0 Å². The van der Waals surface area contributed by atoms with Crippen LogP contribution in [0.4, 0.5) is 0 Å². The fraction of sp³-hybridized carbons (Fsp3) is 0.100. The van der Waals surface area contributed by atoms with E-state index in [4.69, 9.17) is 16.0 Å². The quantitative estimate of drug-likeness (QED) is 0.736. The lowest BCUT2D eigenvalue weighted by atomic mass is 10.1. The highest BCUT2D eigenvalue weighted by Crippen LogP contribution is 2.33. The Bertz CT molecular complexity index is 484. The Balaban J connectivity index is 2.58. The van der Waals surface area contributed by atoms with Gasteiger partial charge in [-0.15, -0.1) is 0 Å². The van der Waals surface area contributed by atoms with Gasteiger partial charge in [-0.1, -0.05) is 43.5 Å². The minimum absolute atomic E-state index is 0.641. The highest BCUT2D eigenvalue weighted by Gasteiger charge is 2.13. The average molecular weight is 351 g/mol. The number of benzene rings is 1. The molecule has 0 spiro atoms. The van der Waals surface area contributed by atoms with Gasteiger partial charge in [-0.05, 0) is 18.2 Å². The van der Waals surface area contributed by atoms with Crippen LogP contribution in [0.25, 0.3) is 11.3 Å². The van der Waals surface area contributed by atoms with Crippen LogP contribution < -0.4 is 0 Å². The largest absolute Gasteiger partial charge is 0.443 e. The maximum Gasteiger partial charge on any atom is 0.181 e. The summed E-state index contributed by atoms with van der Waals surface area (Å²) >= 11 is 12.8. The van der Waals surface area contributed by atoms with Crippen LogP contribution in [0.3, 0.4) is 0 Å². The van der Waals surface area contributed by atoms with Crippen LogP contribution in [0.1, 0.15) is 5.69 Å². The lowest BCUT2D eigenvalue weighted by molar-refractivity contribution is 0.571. The molecular formula is C10H6Br2ClNO. The molecule has 0 radical (unpaired) electrons. The maximum absolute atomic E-state index is 6.09. The molecule has 1 heterocycles. The van der Waals surface area contributed by atoms with Crippen LogP contribution in [-0.4, -0.2) is 4.98 Å². The number of alkyl halides is 1. The Morgan fingerprint density at radius 2 is 2.20 bits per heavy atom. The minimum atomic E-state index is 0.641. The van der Waals surface area contributed by atoms with E-state index in [0.717, 1.165) is 15.7 Å². The molecule has 1 aromatic heterocycles. The van der Waals surface area contributed by atoms with Crippen LogP contribution in [-0.2, 0) is 5.33 Å². The van der Waals surface area contributed by atoms with E-state index in [1.54, 1.807) is 0 Å². The zero-order valence-electron chi connectivity index (χ0n) is 7.51. The number of halogens is 3. The van der Waals surface area contributed by atoms with Crippen molar-refractivity contribution in [1.29, 1.82) is 0 Å². The summed E-state index contributed by atoms with van der Waals surface area (Å²) in [7, 11) is 0. The molecule has 0 bridgehead atoms.